The van der Waals surface area contributed by atoms with Gasteiger partial charge in [-0.2, -0.15) is 0 Å². The molecule has 10 heavy (non-hydrogen) atoms. The van der Waals surface area contributed by atoms with Gasteiger partial charge in [0, 0.05) is 0 Å². The molecule has 0 spiro atoms. The Morgan fingerprint density at radius 1 is 1.50 bits per heavy atom. The van der Waals surface area contributed by atoms with Crippen molar-refractivity contribution in [3.63, 3.8) is 0 Å². The normalized spacial score (nSPS) is 8.20. The number of nitrogens with one attached hydrogen (secondary N) is 1. The van der Waals surface area contributed by atoms with Crippen molar-refractivity contribution < 1.29 is 4.79 Å². The number of urea groups is 1. The van der Waals surface area contributed by atoms with Crippen LogP contribution in [0.1, 0.15) is 0 Å². The van der Waals surface area contributed by atoms with Crippen LogP contribution in [0.3, 0.4) is 0 Å². The van der Waals surface area contributed by atoms with E-state index in [0.717, 1.165) is 0 Å². The van der Waals surface area contributed by atoms with Gasteiger partial charge in [-0.25, -0.2) is 16.5 Å². The lowest BCUT2D eigenvalue weighted by atomic mass is 11.0. The first-order valence-electron chi connectivity index (χ1n) is 2.23. The van der Waals surface area contributed by atoms with Crippen LogP contribution in [0.15, 0.2) is 5.10 Å². The van der Waals surface area contributed by atoms with Crippen LogP contribution < -0.4 is 28.6 Å². The van der Waals surface area contributed by atoms with Crippen LogP contribution >= 0.6 is 0 Å². The number of hydrogen-bond acceptors (Lipinski definition) is 4. The number of hydrogen-bond donors (Lipinski definition) is 5. The molecule has 8 nitrogen and oxygen atoms in total. The molecule has 0 aliphatic heterocycles. The highest BCUT2D eigenvalue weighted by molar-refractivity contribution is 5.79. The minimum absolute atomic E-state index is 0.328. The summed E-state index contributed by atoms with van der Waals surface area (Å²) in [7, 11) is 0. The van der Waals surface area contributed by atoms with Crippen molar-refractivity contribution in [1.82, 2.24) is 10.5 Å². The van der Waals surface area contributed by atoms with Crippen molar-refractivity contribution in [2.45, 2.75) is 0 Å². The topological polar surface area (TPSA) is 149 Å². The van der Waals surface area contributed by atoms with Gasteiger partial charge in [0.2, 0.25) is 5.96 Å². The van der Waals surface area contributed by atoms with Gasteiger partial charge in [0.1, 0.15) is 0 Å². The maximum atomic E-state index is 10.4. The highest BCUT2D eigenvalue weighted by atomic mass is 16.2. The maximum Gasteiger partial charge on any atom is 0.367 e. The minimum atomic E-state index is -0.812. The van der Waals surface area contributed by atoms with E-state index < -0.39 is 6.03 Å². The fourth-order valence-corrected chi connectivity index (χ4v) is 0.236. The first kappa shape index (κ1) is 8.46. The lowest BCUT2D eigenvalue weighted by molar-refractivity contribution is 0.201. The van der Waals surface area contributed by atoms with Crippen molar-refractivity contribution >= 4 is 12.0 Å². The number of guanidine groups is 1. The van der Waals surface area contributed by atoms with Gasteiger partial charge in [-0.1, -0.05) is 0 Å². The lowest BCUT2D eigenvalue weighted by Crippen LogP contribution is -2.46. The second-order valence-electron chi connectivity index (χ2n) is 1.32. The Morgan fingerprint density at radius 2 is 2.00 bits per heavy atom. The lowest BCUT2D eigenvalue weighted by Gasteiger charge is -2.07. The Balaban J connectivity index is 3.96. The van der Waals surface area contributed by atoms with Crippen LogP contribution in [0.25, 0.3) is 0 Å². The third kappa shape index (κ3) is 2.69. The molecule has 0 aromatic carbocycles. The molecule has 0 atom stereocenters. The van der Waals surface area contributed by atoms with E-state index >= 15 is 0 Å². The van der Waals surface area contributed by atoms with Crippen molar-refractivity contribution in [3.05, 3.63) is 0 Å². The molecule has 9 N–H and O–H groups in total. The van der Waals surface area contributed by atoms with E-state index in [4.69, 9.17) is 17.3 Å². The van der Waals surface area contributed by atoms with E-state index in [1.165, 1.54) is 0 Å². The van der Waals surface area contributed by atoms with Crippen molar-refractivity contribution in [2.24, 2.45) is 28.3 Å². The number of nitrogens with two attached hydrogens (primary N) is 4. The van der Waals surface area contributed by atoms with Crippen LogP contribution in [0.2, 0.25) is 0 Å². The van der Waals surface area contributed by atoms with E-state index in [-0.39, 0.29) is 5.96 Å². The molecule has 0 heterocycles. The number of hydrazine groups is 2. The SMILES string of the molecule is NNC(=O)N(N)N=C(N)N. The second kappa shape index (κ2) is 3.48. The molecule has 0 saturated heterocycles. The molecule has 0 saturated carbocycles. The van der Waals surface area contributed by atoms with Gasteiger partial charge < -0.3 is 11.5 Å². The van der Waals surface area contributed by atoms with E-state index in [2.05, 4.69) is 10.9 Å². The van der Waals surface area contributed by atoms with Gasteiger partial charge in [-0.05, 0) is 0 Å². The predicted octanol–water partition coefficient (Wildman–Crippen LogP) is -3.07. The van der Waals surface area contributed by atoms with E-state index in [0.29, 0.717) is 5.12 Å². The van der Waals surface area contributed by atoms with Gasteiger partial charge >= 0.3 is 6.03 Å². The molecule has 2 amide bonds. The summed E-state index contributed by atoms with van der Waals surface area (Å²) in [5, 5.41) is 3.52. The summed E-state index contributed by atoms with van der Waals surface area (Å²) in [4.78, 5) is 10.4. The molecule has 0 bridgehead atoms. The van der Waals surface area contributed by atoms with Crippen molar-refractivity contribution in [3.8, 4) is 0 Å². The van der Waals surface area contributed by atoms with Gasteiger partial charge in [-0.3, -0.25) is 5.43 Å². The van der Waals surface area contributed by atoms with Crippen molar-refractivity contribution in [1.29, 1.82) is 0 Å². The Labute approximate surface area is 56.7 Å². The first-order valence-corrected chi connectivity index (χ1v) is 2.23. The molecule has 58 valence electrons. The molecule has 0 rings (SSSR count). The smallest absolute Gasteiger partial charge is 0.367 e. The fraction of sp³-hybridized carbons (Fsp3) is 0. The fourth-order valence-electron chi connectivity index (χ4n) is 0.236. The molecule has 0 aliphatic rings. The summed E-state index contributed by atoms with van der Waals surface area (Å²) < 4.78 is 0. The highest BCUT2D eigenvalue weighted by Crippen LogP contribution is 1.75. The summed E-state index contributed by atoms with van der Waals surface area (Å²) >= 11 is 0. The monoisotopic (exact) mass is 147 g/mol. The van der Waals surface area contributed by atoms with Gasteiger partial charge in [0.05, 0.1) is 0 Å². The van der Waals surface area contributed by atoms with Gasteiger partial charge in [-0.15, -0.1) is 10.2 Å². The quantitative estimate of drug-likeness (QED) is 0.0876. The molecule has 0 aliphatic carbocycles. The summed E-state index contributed by atoms with van der Waals surface area (Å²) in [5.74, 6) is 9.27. The first-order chi connectivity index (χ1) is 4.57. The number of carbonyl (C=O) groups is 1. The van der Waals surface area contributed by atoms with E-state index in [9.17, 15) is 4.79 Å². The maximum absolute atomic E-state index is 10.4. The average Bonchev–Trinajstić information content (AvgIpc) is 1.85. The Morgan fingerprint density at radius 3 is 2.30 bits per heavy atom. The molecular weight excluding hydrogens is 138 g/mol. The van der Waals surface area contributed by atoms with E-state index in [1.54, 1.807) is 5.43 Å². The molecule has 0 fully saturated rings. The number of amides is 2. The molecule has 0 aromatic rings. The zero-order valence-electron chi connectivity index (χ0n) is 5.11. The van der Waals surface area contributed by atoms with Crippen LogP contribution in [0, 0.1) is 0 Å². The summed E-state index contributed by atoms with van der Waals surface area (Å²) in [6, 6.07) is -0.812. The Bertz CT molecular complexity index is 148. The standard InChI is InChI=1S/C2H9N7O/c3-1(4)8-9(6)2(10)7-5/h5-6H2,(H,7,10)(H4,3,4,8). The third-order valence-electron chi connectivity index (χ3n) is 0.555. The Kier molecular flexibility index (Phi) is 2.94. The molecule has 0 radical (unpaired) electrons. The second-order valence-corrected chi connectivity index (χ2v) is 1.32. The number of carbonyl (C=O) groups excluding carboxylic acids is 1. The number of rotatable bonds is 1. The zero-order chi connectivity index (χ0) is 8.15. The molecule has 0 aromatic heterocycles. The predicted molar refractivity (Wildman–Crippen MR) is 34.6 cm³/mol. The summed E-state index contributed by atoms with van der Waals surface area (Å²) in [6.45, 7) is 0. The van der Waals surface area contributed by atoms with Crippen LogP contribution in [0.4, 0.5) is 4.79 Å². The summed E-state index contributed by atoms with van der Waals surface area (Å²) in [6.07, 6.45) is 0. The minimum Gasteiger partial charge on any atom is -0.369 e. The third-order valence-corrected chi connectivity index (χ3v) is 0.555. The van der Waals surface area contributed by atoms with Crippen LogP contribution in [0.5, 0.6) is 0 Å². The summed E-state index contributed by atoms with van der Waals surface area (Å²) in [5.41, 5.74) is 11.5. The van der Waals surface area contributed by atoms with E-state index in [1.807, 2.05) is 0 Å². The van der Waals surface area contributed by atoms with Crippen LogP contribution in [-0.4, -0.2) is 17.1 Å². The van der Waals surface area contributed by atoms with Gasteiger partial charge in [0.25, 0.3) is 0 Å². The van der Waals surface area contributed by atoms with Gasteiger partial charge in [0.15, 0.2) is 0 Å². The zero-order valence-corrected chi connectivity index (χ0v) is 5.11. The van der Waals surface area contributed by atoms with Crippen molar-refractivity contribution in [2.75, 3.05) is 0 Å². The van der Waals surface area contributed by atoms with Crippen LogP contribution in [-0.2, 0) is 0 Å². The average molecular weight is 147 g/mol. The molecule has 8 heteroatoms. The number of hydrazone groups is 1. The highest BCUT2D eigenvalue weighted by Gasteiger charge is 2.03. The largest absolute Gasteiger partial charge is 0.369 e. The molecular formula is C2H9N7O. The Hall–Kier alpha value is -1.54. The molecule has 0 unspecified atom stereocenters. The number of nitrogens with zero attached hydrogens (tertiary/aromatic N) is 2.